The van der Waals surface area contributed by atoms with E-state index >= 15 is 0 Å². The maximum atomic E-state index is 11.5. The number of benzene rings is 2. The lowest BCUT2D eigenvalue weighted by molar-refractivity contribution is 0.438. The van der Waals surface area contributed by atoms with Crippen molar-refractivity contribution in [1.82, 2.24) is 0 Å². The molecule has 0 saturated carbocycles. The van der Waals surface area contributed by atoms with Crippen LogP contribution in [0.15, 0.2) is 46.2 Å². The second-order valence-electron chi connectivity index (χ2n) is 10.4. The molecule has 2 aromatic rings. The highest BCUT2D eigenvalue weighted by atomic mass is 32.2. The number of phenolic OH excluding ortho intramolecular Hbond substituents is 1. The van der Waals surface area contributed by atoms with Gasteiger partial charge in [-0.1, -0.05) is 122 Å². The van der Waals surface area contributed by atoms with Crippen molar-refractivity contribution in [2.45, 2.75) is 127 Å². The van der Waals surface area contributed by atoms with Crippen LogP contribution in [0.4, 0.5) is 0 Å². The third-order valence-electron chi connectivity index (χ3n) is 7.11. The van der Waals surface area contributed by atoms with E-state index < -0.39 is 0 Å². The largest absolute Gasteiger partial charge is 0.506 e. The van der Waals surface area contributed by atoms with Crippen molar-refractivity contribution in [3.8, 4) is 5.75 Å². The van der Waals surface area contributed by atoms with Crippen molar-refractivity contribution < 1.29 is 5.11 Å². The van der Waals surface area contributed by atoms with Crippen molar-refractivity contribution in [2.75, 3.05) is 11.5 Å². The van der Waals surface area contributed by atoms with E-state index in [9.17, 15) is 5.11 Å². The van der Waals surface area contributed by atoms with Crippen LogP contribution in [-0.2, 0) is 5.41 Å². The third kappa shape index (κ3) is 9.73. The number of hydrogen-bond donors (Lipinski definition) is 1. The van der Waals surface area contributed by atoms with Crippen LogP contribution in [0.3, 0.4) is 0 Å². The number of rotatable bonds is 18. The molecule has 35 heavy (non-hydrogen) atoms. The first-order chi connectivity index (χ1) is 16.9. The van der Waals surface area contributed by atoms with Gasteiger partial charge in [0.05, 0.1) is 4.90 Å². The van der Waals surface area contributed by atoms with Gasteiger partial charge in [-0.15, -0.1) is 23.5 Å². The fourth-order valence-corrected chi connectivity index (χ4v) is 7.04. The smallest absolute Gasteiger partial charge is 0.133 e. The summed E-state index contributed by atoms with van der Waals surface area (Å²) in [6, 6.07) is 12.9. The molecule has 0 aromatic heterocycles. The molecular weight excluding hydrogens is 464 g/mol. The van der Waals surface area contributed by atoms with Gasteiger partial charge in [0.1, 0.15) is 5.75 Å². The van der Waals surface area contributed by atoms with Crippen molar-refractivity contribution in [3.63, 3.8) is 0 Å². The Morgan fingerprint density at radius 3 is 1.71 bits per heavy atom. The first kappa shape index (κ1) is 30.2. The van der Waals surface area contributed by atoms with Crippen molar-refractivity contribution in [3.05, 3.63) is 53.1 Å². The Bertz CT molecular complexity index is 802. The molecule has 0 radical (unpaired) electrons. The lowest BCUT2D eigenvalue weighted by atomic mass is 9.76. The summed E-state index contributed by atoms with van der Waals surface area (Å²) in [5.41, 5.74) is 3.35. The van der Waals surface area contributed by atoms with Crippen LogP contribution >= 0.6 is 23.5 Å². The lowest BCUT2D eigenvalue weighted by Gasteiger charge is -2.31. The highest BCUT2D eigenvalue weighted by Crippen LogP contribution is 2.47. The first-order valence-corrected chi connectivity index (χ1v) is 16.1. The number of thioether (sulfide) groups is 2. The molecule has 0 amide bonds. The summed E-state index contributed by atoms with van der Waals surface area (Å²) in [4.78, 5) is 2.41. The van der Waals surface area contributed by atoms with E-state index in [-0.39, 0.29) is 5.41 Å². The lowest BCUT2D eigenvalue weighted by Crippen LogP contribution is -2.21. The van der Waals surface area contributed by atoms with E-state index in [1.54, 1.807) is 0 Å². The van der Waals surface area contributed by atoms with Crippen molar-refractivity contribution in [1.29, 1.82) is 0 Å². The third-order valence-corrected chi connectivity index (χ3v) is 9.45. The van der Waals surface area contributed by atoms with Crippen LogP contribution in [0, 0.1) is 6.92 Å². The van der Waals surface area contributed by atoms with Gasteiger partial charge in [0.25, 0.3) is 0 Å². The Morgan fingerprint density at radius 2 is 1.17 bits per heavy atom. The molecule has 0 bridgehead atoms. The molecule has 196 valence electrons. The van der Waals surface area contributed by atoms with E-state index in [4.69, 9.17) is 0 Å². The number of unbranched alkanes of at least 4 members (excludes halogenated alkanes) is 10. The minimum Gasteiger partial charge on any atom is -0.506 e. The summed E-state index contributed by atoms with van der Waals surface area (Å²) in [6.07, 6.45) is 15.8. The molecule has 3 heteroatoms. The second kappa shape index (κ2) is 16.6. The van der Waals surface area contributed by atoms with E-state index in [1.807, 2.05) is 23.5 Å². The number of hydrogen-bond acceptors (Lipinski definition) is 3. The zero-order valence-electron chi connectivity index (χ0n) is 23.1. The Hall–Kier alpha value is -1.06. The van der Waals surface area contributed by atoms with E-state index in [1.165, 1.54) is 93.1 Å². The molecular formula is C32H50OS2. The average Bonchev–Trinajstić information content (AvgIpc) is 2.85. The van der Waals surface area contributed by atoms with Crippen molar-refractivity contribution in [2.24, 2.45) is 0 Å². The van der Waals surface area contributed by atoms with Gasteiger partial charge in [-0.3, -0.25) is 0 Å². The highest BCUT2D eigenvalue weighted by Gasteiger charge is 2.30. The zero-order chi connectivity index (χ0) is 25.5. The predicted molar refractivity (Wildman–Crippen MR) is 160 cm³/mol. The maximum Gasteiger partial charge on any atom is 0.133 e. The molecule has 1 N–H and O–H groups in total. The Kier molecular flexibility index (Phi) is 14.3. The summed E-state index contributed by atoms with van der Waals surface area (Å²) in [7, 11) is 0. The summed E-state index contributed by atoms with van der Waals surface area (Å²) in [6.45, 7) is 11.3. The quantitative estimate of drug-likeness (QED) is 0.158. The topological polar surface area (TPSA) is 20.2 Å². The molecule has 0 unspecified atom stereocenters. The van der Waals surface area contributed by atoms with Crippen LogP contribution in [0.2, 0.25) is 0 Å². The minimum atomic E-state index is -0.248. The first-order valence-electron chi connectivity index (χ1n) is 14.1. The summed E-state index contributed by atoms with van der Waals surface area (Å²) in [5, 5.41) is 11.5. The monoisotopic (exact) mass is 514 g/mol. The highest BCUT2D eigenvalue weighted by molar-refractivity contribution is 8.00. The number of phenols is 1. The molecule has 0 spiro atoms. The van der Waals surface area contributed by atoms with Gasteiger partial charge < -0.3 is 5.11 Å². The molecule has 2 aromatic carbocycles. The van der Waals surface area contributed by atoms with Crippen LogP contribution in [0.25, 0.3) is 0 Å². The number of aromatic hydroxyl groups is 1. The van der Waals surface area contributed by atoms with Gasteiger partial charge in [0.15, 0.2) is 0 Å². The maximum absolute atomic E-state index is 11.5. The van der Waals surface area contributed by atoms with Gasteiger partial charge in [0.2, 0.25) is 0 Å². The summed E-state index contributed by atoms with van der Waals surface area (Å²) >= 11 is 3.84. The zero-order valence-corrected chi connectivity index (χ0v) is 24.8. The van der Waals surface area contributed by atoms with Gasteiger partial charge in [-0.2, -0.15) is 0 Å². The Labute approximate surface area is 225 Å². The fraction of sp³-hybridized carbons (Fsp3) is 0.625. The Balaban J connectivity index is 2.18. The standard InChI is InChI=1S/C32H50OS2/c1-6-8-10-12-14-19-23-34-28-25-29(35-24-20-15-13-11-9-7-2)31(33)30(26(28)3)32(4,5)27-21-17-16-18-22-27/h16-18,21-22,25,33H,6-15,19-20,23-24H2,1-5H3. The molecule has 0 aliphatic heterocycles. The summed E-state index contributed by atoms with van der Waals surface area (Å²) < 4.78 is 0. The predicted octanol–water partition coefficient (Wildman–Crippen LogP) is 10.9. The Morgan fingerprint density at radius 1 is 0.686 bits per heavy atom. The van der Waals surface area contributed by atoms with Gasteiger partial charge >= 0.3 is 0 Å². The minimum absolute atomic E-state index is 0.248. The van der Waals surface area contributed by atoms with Crippen molar-refractivity contribution >= 4 is 23.5 Å². The van der Waals surface area contributed by atoms with E-state index in [2.05, 4.69) is 71.0 Å². The SMILES string of the molecule is CCCCCCCCSc1cc(SCCCCCCCC)c(O)c(C(C)(C)c2ccccc2)c1C. The fourth-order valence-electron chi connectivity index (χ4n) is 4.87. The molecule has 1 nitrogen and oxygen atoms in total. The second-order valence-corrected chi connectivity index (χ2v) is 12.7. The molecule has 0 fully saturated rings. The van der Waals surface area contributed by atoms with E-state index in [0.29, 0.717) is 5.75 Å². The van der Waals surface area contributed by atoms with E-state index in [0.717, 1.165) is 22.0 Å². The molecule has 0 aliphatic carbocycles. The van der Waals surface area contributed by atoms with Crippen LogP contribution in [0.5, 0.6) is 5.75 Å². The average molecular weight is 515 g/mol. The molecule has 0 saturated heterocycles. The molecule has 0 aliphatic rings. The van der Waals surface area contributed by atoms with Crippen LogP contribution < -0.4 is 0 Å². The molecule has 2 rings (SSSR count). The normalized spacial score (nSPS) is 11.8. The van der Waals surface area contributed by atoms with Gasteiger partial charge in [-0.05, 0) is 48.5 Å². The van der Waals surface area contributed by atoms with Gasteiger partial charge in [0, 0.05) is 15.9 Å². The summed E-state index contributed by atoms with van der Waals surface area (Å²) in [5.74, 6) is 2.73. The molecule has 0 atom stereocenters. The van der Waals surface area contributed by atoms with Crippen LogP contribution in [-0.4, -0.2) is 16.6 Å². The van der Waals surface area contributed by atoms with Crippen LogP contribution in [0.1, 0.15) is 121 Å². The molecule has 0 heterocycles. The van der Waals surface area contributed by atoms with Gasteiger partial charge in [-0.25, -0.2) is 0 Å².